The number of benzene rings is 2. The van der Waals surface area contributed by atoms with Crippen LogP contribution in [0.4, 0.5) is 0 Å². The smallest absolute Gasteiger partial charge is 0.191 e. The maximum absolute atomic E-state index is 6.30. The quantitative estimate of drug-likeness (QED) is 0.257. The van der Waals surface area contributed by atoms with Crippen molar-refractivity contribution in [1.82, 2.24) is 20.4 Å². The highest BCUT2D eigenvalue weighted by molar-refractivity contribution is 14.0. The zero-order valence-corrected chi connectivity index (χ0v) is 20.2. The predicted molar refractivity (Wildman–Crippen MR) is 133 cm³/mol. The maximum atomic E-state index is 6.30. The van der Waals surface area contributed by atoms with Crippen molar-refractivity contribution in [3.63, 3.8) is 0 Å². The molecular formula is C22H27ClIN5O. The Morgan fingerprint density at radius 1 is 1.13 bits per heavy atom. The molecule has 8 heteroatoms. The van der Waals surface area contributed by atoms with E-state index in [0.717, 1.165) is 42.3 Å². The molecule has 0 saturated carbocycles. The van der Waals surface area contributed by atoms with Gasteiger partial charge in [-0.15, -0.1) is 24.0 Å². The van der Waals surface area contributed by atoms with Gasteiger partial charge >= 0.3 is 0 Å². The molecule has 0 bridgehead atoms. The maximum Gasteiger partial charge on any atom is 0.191 e. The van der Waals surface area contributed by atoms with Gasteiger partial charge in [0.2, 0.25) is 0 Å². The zero-order valence-electron chi connectivity index (χ0n) is 17.1. The summed E-state index contributed by atoms with van der Waals surface area (Å²) in [5.41, 5.74) is 3.39. The van der Waals surface area contributed by atoms with E-state index in [1.54, 1.807) is 14.2 Å². The van der Waals surface area contributed by atoms with Crippen LogP contribution >= 0.6 is 35.6 Å². The fourth-order valence-electron chi connectivity index (χ4n) is 2.93. The highest BCUT2D eigenvalue weighted by atomic mass is 127. The number of nitrogens with one attached hydrogen (secondary N) is 2. The second-order valence-electron chi connectivity index (χ2n) is 6.59. The van der Waals surface area contributed by atoms with Crippen LogP contribution in [0.15, 0.2) is 65.9 Å². The molecule has 0 amide bonds. The molecule has 0 aliphatic carbocycles. The number of rotatable bonds is 8. The van der Waals surface area contributed by atoms with Crippen molar-refractivity contribution in [2.24, 2.45) is 4.99 Å². The lowest BCUT2D eigenvalue weighted by Gasteiger charge is -2.12. The summed E-state index contributed by atoms with van der Waals surface area (Å²) in [4.78, 5) is 4.27. The third-order valence-corrected chi connectivity index (χ3v) is 4.86. The number of hydrogen-bond donors (Lipinski definition) is 2. The minimum Gasteiger partial charge on any atom is -0.497 e. The van der Waals surface area contributed by atoms with Crippen molar-refractivity contribution >= 4 is 41.5 Å². The third-order valence-electron chi connectivity index (χ3n) is 4.50. The summed E-state index contributed by atoms with van der Waals surface area (Å²) in [5, 5.41) is 11.8. The minimum atomic E-state index is 0. The Morgan fingerprint density at radius 3 is 2.63 bits per heavy atom. The van der Waals surface area contributed by atoms with Gasteiger partial charge in [-0.3, -0.25) is 9.67 Å². The lowest BCUT2D eigenvalue weighted by Crippen LogP contribution is -2.37. The molecule has 3 aromatic rings. The van der Waals surface area contributed by atoms with Crippen molar-refractivity contribution in [1.29, 1.82) is 0 Å². The van der Waals surface area contributed by atoms with E-state index in [9.17, 15) is 0 Å². The molecule has 0 fully saturated rings. The van der Waals surface area contributed by atoms with E-state index < -0.39 is 0 Å². The normalized spacial score (nSPS) is 11.0. The van der Waals surface area contributed by atoms with Gasteiger partial charge in [0.25, 0.3) is 0 Å². The summed E-state index contributed by atoms with van der Waals surface area (Å²) in [6.07, 6.45) is 4.71. The molecule has 3 rings (SSSR count). The van der Waals surface area contributed by atoms with E-state index in [1.807, 2.05) is 53.5 Å². The van der Waals surface area contributed by atoms with Crippen LogP contribution in [0.3, 0.4) is 0 Å². The first kappa shape index (κ1) is 24.0. The molecule has 6 nitrogen and oxygen atoms in total. The molecule has 2 aromatic carbocycles. The third kappa shape index (κ3) is 7.21. The number of ether oxygens (including phenoxy) is 1. The molecule has 0 spiro atoms. The minimum absolute atomic E-state index is 0. The Balaban J connectivity index is 0.00000320. The largest absolute Gasteiger partial charge is 0.497 e. The molecule has 2 N–H and O–H groups in total. The van der Waals surface area contributed by atoms with Crippen molar-refractivity contribution in [2.45, 2.75) is 19.5 Å². The van der Waals surface area contributed by atoms with Gasteiger partial charge in [-0.1, -0.05) is 48.0 Å². The van der Waals surface area contributed by atoms with Crippen molar-refractivity contribution < 1.29 is 4.74 Å². The van der Waals surface area contributed by atoms with E-state index in [0.29, 0.717) is 11.6 Å². The number of guanidine groups is 1. The fourth-order valence-corrected chi connectivity index (χ4v) is 3.20. The zero-order chi connectivity index (χ0) is 20.5. The topological polar surface area (TPSA) is 63.5 Å². The monoisotopic (exact) mass is 539 g/mol. The summed E-state index contributed by atoms with van der Waals surface area (Å²) >= 11 is 6.30. The van der Waals surface area contributed by atoms with Gasteiger partial charge < -0.3 is 15.4 Å². The van der Waals surface area contributed by atoms with Gasteiger partial charge in [-0.25, -0.2) is 0 Å². The fraction of sp³-hybridized carbons (Fsp3) is 0.273. The average Bonchev–Trinajstić information content (AvgIpc) is 3.19. The van der Waals surface area contributed by atoms with E-state index in [4.69, 9.17) is 16.3 Å². The summed E-state index contributed by atoms with van der Waals surface area (Å²) in [5.74, 6) is 1.50. The predicted octanol–water partition coefficient (Wildman–Crippen LogP) is 4.12. The first-order valence-electron chi connectivity index (χ1n) is 9.50. The first-order valence-corrected chi connectivity index (χ1v) is 9.88. The second-order valence-corrected chi connectivity index (χ2v) is 7.00. The molecule has 0 aliphatic heterocycles. The van der Waals surface area contributed by atoms with Crippen LogP contribution < -0.4 is 15.4 Å². The number of methoxy groups -OCH3 is 1. The van der Waals surface area contributed by atoms with Gasteiger partial charge in [-0.2, -0.15) is 5.10 Å². The van der Waals surface area contributed by atoms with Crippen LogP contribution in [0.5, 0.6) is 5.75 Å². The number of hydrogen-bond acceptors (Lipinski definition) is 3. The van der Waals surface area contributed by atoms with Crippen LogP contribution in [0, 0.1) is 0 Å². The van der Waals surface area contributed by atoms with Crippen LogP contribution in [0.1, 0.15) is 16.7 Å². The molecule has 0 aliphatic rings. The Hall–Kier alpha value is -2.26. The Kier molecular flexibility index (Phi) is 9.96. The molecule has 0 unspecified atom stereocenters. The number of aliphatic imine (C=N–C) groups is 1. The second kappa shape index (κ2) is 12.4. The summed E-state index contributed by atoms with van der Waals surface area (Å²) in [6.45, 7) is 2.13. The van der Waals surface area contributed by atoms with E-state index >= 15 is 0 Å². The molecule has 0 radical (unpaired) electrons. The average molecular weight is 540 g/mol. The van der Waals surface area contributed by atoms with E-state index in [1.165, 1.54) is 5.56 Å². The first-order chi connectivity index (χ1) is 14.2. The Bertz CT molecular complexity index is 946. The lowest BCUT2D eigenvalue weighted by molar-refractivity contribution is 0.414. The summed E-state index contributed by atoms with van der Waals surface area (Å²) < 4.78 is 7.12. The van der Waals surface area contributed by atoms with Crippen LogP contribution in [-0.4, -0.2) is 36.4 Å². The number of halogens is 2. The van der Waals surface area contributed by atoms with Crippen molar-refractivity contribution in [2.75, 3.05) is 20.7 Å². The standard InChI is InChI=1S/C22H26ClN5O.HI/c1-24-22(25-11-10-19-8-9-20(29-2)12-21(19)23)26-13-18-14-27-28(16-18)15-17-6-4-3-5-7-17;/h3-9,12,14,16H,10-11,13,15H2,1-2H3,(H2,24,25,26);1H. The molecular weight excluding hydrogens is 513 g/mol. The highest BCUT2D eigenvalue weighted by Gasteiger charge is 2.05. The Morgan fingerprint density at radius 2 is 1.93 bits per heavy atom. The van der Waals surface area contributed by atoms with E-state index in [2.05, 4.69) is 32.9 Å². The molecule has 1 heterocycles. The van der Waals surface area contributed by atoms with Gasteiger partial charge in [0.15, 0.2) is 5.96 Å². The van der Waals surface area contributed by atoms with Gasteiger partial charge in [0.1, 0.15) is 5.75 Å². The van der Waals surface area contributed by atoms with Crippen LogP contribution in [-0.2, 0) is 19.5 Å². The van der Waals surface area contributed by atoms with Crippen LogP contribution in [0.25, 0.3) is 0 Å². The molecule has 160 valence electrons. The number of aromatic nitrogens is 2. The lowest BCUT2D eigenvalue weighted by atomic mass is 10.1. The SMILES string of the molecule is CN=C(NCCc1ccc(OC)cc1Cl)NCc1cnn(Cc2ccccc2)c1.I. The molecule has 1 aromatic heterocycles. The summed E-state index contributed by atoms with van der Waals surface area (Å²) in [6, 6.07) is 16.0. The Labute approximate surface area is 199 Å². The van der Waals surface area contributed by atoms with Gasteiger partial charge in [0, 0.05) is 36.9 Å². The van der Waals surface area contributed by atoms with Crippen LogP contribution in [0.2, 0.25) is 5.02 Å². The van der Waals surface area contributed by atoms with Crippen molar-refractivity contribution in [3.8, 4) is 5.75 Å². The summed E-state index contributed by atoms with van der Waals surface area (Å²) in [7, 11) is 3.39. The highest BCUT2D eigenvalue weighted by Crippen LogP contribution is 2.22. The number of nitrogens with zero attached hydrogens (tertiary/aromatic N) is 3. The molecule has 0 saturated heterocycles. The molecule has 0 atom stereocenters. The van der Waals surface area contributed by atoms with Gasteiger partial charge in [-0.05, 0) is 29.7 Å². The van der Waals surface area contributed by atoms with Crippen molar-refractivity contribution in [3.05, 3.63) is 82.6 Å². The van der Waals surface area contributed by atoms with Gasteiger partial charge in [0.05, 0.1) is 19.9 Å². The van der Waals surface area contributed by atoms with E-state index in [-0.39, 0.29) is 24.0 Å². The molecule has 30 heavy (non-hydrogen) atoms.